The quantitative estimate of drug-likeness (QED) is 0.424. The summed E-state index contributed by atoms with van der Waals surface area (Å²) in [6, 6.07) is 7.33. The van der Waals surface area contributed by atoms with E-state index in [4.69, 9.17) is 8.85 Å². The second-order valence-electron chi connectivity index (χ2n) is 3.04. The number of nitrogens with zero attached hydrogens (tertiary/aromatic N) is 1. The van der Waals surface area contributed by atoms with E-state index < -0.39 is 9.28 Å². The van der Waals surface area contributed by atoms with E-state index in [2.05, 4.69) is 4.99 Å². The van der Waals surface area contributed by atoms with Gasteiger partial charge in [0.15, 0.2) is 0 Å². The van der Waals surface area contributed by atoms with Crippen LogP contribution < -0.4 is 5.19 Å². The minimum atomic E-state index is -1.83. The molecule has 0 atom stereocenters. The van der Waals surface area contributed by atoms with Crippen molar-refractivity contribution in [1.82, 2.24) is 0 Å². The average Bonchev–Trinajstić information content (AvgIpc) is 2.30. The van der Waals surface area contributed by atoms with Gasteiger partial charge < -0.3 is 8.85 Å². The fourth-order valence-electron chi connectivity index (χ4n) is 1.34. The second kappa shape index (κ2) is 7.08. The van der Waals surface area contributed by atoms with Crippen molar-refractivity contribution in [1.29, 1.82) is 0 Å². The molecule has 86 valence electrons. The van der Waals surface area contributed by atoms with Gasteiger partial charge in [0.2, 0.25) is 6.08 Å². The predicted molar refractivity (Wildman–Crippen MR) is 64.3 cm³/mol. The van der Waals surface area contributed by atoms with Crippen LogP contribution in [0.4, 0.5) is 5.69 Å². The van der Waals surface area contributed by atoms with Crippen LogP contribution in [0.15, 0.2) is 29.3 Å². The molecule has 5 heteroatoms. The van der Waals surface area contributed by atoms with Crippen molar-refractivity contribution in [2.75, 3.05) is 13.2 Å². The Bertz CT molecular complexity index is 371. The predicted octanol–water partition coefficient (Wildman–Crippen LogP) is 1.15. The van der Waals surface area contributed by atoms with E-state index in [0.717, 1.165) is 5.19 Å². The molecule has 0 amide bonds. The third-order valence-corrected chi connectivity index (χ3v) is 4.13. The van der Waals surface area contributed by atoms with Crippen LogP contribution in [0, 0.1) is 0 Å². The van der Waals surface area contributed by atoms with Crippen molar-refractivity contribution in [3.05, 3.63) is 24.3 Å². The van der Waals surface area contributed by atoms with Gasteiger partial charge in [-0.05, 0) is 31.2 Å². The first-order valence-electron chi connectivity index (χ1n) is 5.22. The molecule has 0 aromatic heterocycles. The summed E-state index contributed by atoms with van der Waals surface area (Å²) in [7, 11) is -1.83. The van der Waals surface area contributed by atoms with Gasteiger partial charge in [0, 0.05) is 13.2 Å². The minimum absolute atomic E-state index is 0.587. The molecule has 4 nitrogen and oxygen atoms in total. The summed E-state index contributed by atoms with van der Waals surface area (Å²) >= 11 is 0. The molecule has 1 aromatic carbocycles. The fraction of sp³-hybridized carbons (Fsp3) is 0.364. The summed E-state index contributed by atoms with van der Waals surface area (Å²) in [6.45, 7) is 5.12. The zero-order valence-corrected chi connectivity index (χ0v) is 10.6. The highest BCUT2D eigenvalue weighted by Crippen LogP contribution is 2.08. The molecule has 0 unspecified atom stereocenters. The van der Waals surface area contributed by atoms with Crippen LogP contribution in [0.5, 0.6) is 0 Å². The van der Waals surface area contributed by atoms with E-state index in [9.17, 15) is 4.79 Å². The van der Waals surface area contributed by atoms with Crippen LogP contribution in [0.2, 0.25) is 0 Å². The van der Waals surface area contributed by atoms with Gasteiger partial charge >= 0.3 is 9.28 Å². The molecular formula is C11H15NO3Si. The Balaban J connectivity index is 2.89. The maximum Gasteiger partial charge on any atom is 0.355 e. The molecule has 0 spiro atoms. The molecule has 0 aliphatic carbocycles. The lowest BCUT2D eigenvalue weighted by molar-refractivity contribution is 0.225. The van der Waals surface area contributed by atoms with Crippen molar-refractivity contribution in [2.24, 2.45) is 4.99 Å². The van der Waals surface area contributed by atoms with Crippen molar-refractivity contribution in [3.63, 3.8) is 0 Å². The molecule has 0 N–H and O–H groups in total. The van der Waals surface area contributed by atoms with E-state index >= 15 is 0 Å². The molecule has 0 fully saturated rings. The molecule has 0 saturated heterocycles. The lowest BCUT2D eigenvalue weighted by atomic mass is 10.3. The van der Waals surface area contributed by atoms with Crippen LogP contribution in [-0.2, 0) is 13.6 Å². The minimum Gasteiger partial charge on any atom is -0.394 e. The highest BCUT2D eigenvalue weighted by atomic mass is 28.3. The molecule has 0 aliphatic rings. The van der Waals surface area contributed by atoms with E-state index in [-0.39, 0.29) is 0 Å². The highest BCUT2D eigenvalue weighted by molar-refractivity contribution is 6.61. The average molecular weight is 237 g/mol. The molecule has 0 heterocycles. The Labute approximate surface area is 96.8 Å². The highest BCUT2D eigenvalue weighted by Gasteiger charge is 2.15. The Morgan fingerprint density at radius 3 is 2.56 bits per heavy atom. The normalized spacial score (nSPS) is 10.2. The Morgan fingerprint density at radius 2 is 2.00 bits per heavy atom. The molecule has 0 saturated carbocycles. The van der Waals surface area contributed by atoms with Gasteiger partial charge in [-0.2, -0.15) is 4.99 Å². The molecule has 16 heavy (non-hydrogen) atoms. The third kappa shape index (κ3) is 3.71. The van der Waals surface area contributed by atoms with Gasteiger partial charge in [0.25, 0.3) is 0 Å². The number of isocyanates is 1. The van der Waals surface area contributed by atoms with Crippen molar-refractivity contribution in [2.45, 2.75) is 13.8 Å². The number of hydrogen-bond donors (Lipinski definition) is 0. The zero-order chi connectivity index (χ0) is 11.8. The van der Waals surface area contributed by atoms with Crippen molar-refractivity contribution >= 4 is 26.2 Å². The standard InChI is InChI=1S/C11H15NO3Si/c1-3-14-16(15-4-2)11-7-5-6-10(8-11)12-9-13/h5-8,16H,3-4H2,1-2H3. The molecule has 1 aromatic rings. The van der Waals surface area contributed by atoms with Crippen LogP contribution in [-0.4, -0.2) is 28.6 Å². The van der Waals surface area contributed by atoms with Crippen LogP contribution in [0.3, 0.4) is 0 Å². The Kier molecular flexibility index (Phi) is 5.67. The van der Waals surface area contributed by atoms with Gasteiger partial charge in [-0.3, -0.25) is 0 Å². The maximum atomic E-state index is 10.2. The third-order valence-electron chi connectivity index (χ3n) is 1.95. The first kappa shape index (κ1) is 12.8. The number of benzene rings is 1. The lowest BCUT2D eigenvalue weighted by Gasteiger charge is -2.14. The van der Waals surface area contributed by atoms with Gasteiger partial charge in [-0.1, -0.05) is 12.1 Å². The Morgan fingerprint density at radius 1 is 1.31 bits per heavy atom. The summed E-state index contributed by atoms with van der Waals surface area (Å²) in [4.78, 5) is 13.7. The molecule has 0 radical (unpaired) electrons. The maximum absolute atomic E-state index is 10.2. The van der Waals surface area contributed by atoms with Gasteiger partial charge in [-0.15, -0.1) is 0 Å². The van der Waals surface area contributed by atoms with Crippen molar-refractivity contribution < 1.29 is 13.6 Å². The Hall–Kier alpha value is -1.26. The number of hydrogen-bond acceptors (Lipinski definition) is 4. The smallest absolute Gasteiger partial charge is 0.355 e. The van der Waals surface area contributed by atoms with Crippen LogP contribution in [0.25, 0.3) is 0 Å². The SMILES string of the molecule is CCO[SiH](OCC)c1cccc(N=C=O)c1. The summed E-state index contributed by atoms with van der Waals surface area (Å²) in [6.07, 6.45) is 1.52. The monoisotopic (exact) mass is 237 g/mol. The zero-order valence-electron chi connectivity index (χ0n) is 9.47. The summed E-state index contributed by atoms with van der Waals surface area (Å²) in [5, 5.41) is 0.986. The molecular weight excluding hydrogens is 222 g/mol. The lowest BCUT2D eigenvalue weighted by Crippen LogP contribution is -2.36. The topological polar surface area (TPSA) is 47.9 Å². The van der Waals surface area contributed by atoms with Crippen LogP contribution in [0.1, 0.15) is 13.8 Å². The second-order valence-corrected chi connectivity index (χ2v) is 5.04. The molecule has 1 rings (SSSR count). The first-order chi connectivity index (χ1) is 7.81. The fourth-order valence-corrected chi connectivity index (χ4v) is 3.00. The van der Waals surface area contributed by atoms with E-state index in [1.165, 1.54) is 6.08 Å². The van der Waals surface area contributed by atoms with Crippen molar-refractivity contribution in [3.8, 4) is 0 Å². The number of rotatable bonds is 6. The summed E-state index contributed by atoms with van der Waals surface area (Å²) in [5.74, 6) is 0. The summed E-state index contributed by atoms with van der Waals surface area (Å²) < 4.78 is 11.2. The number of carbonyl (C=O) groups excluding carboxylic acids is 1. The number of aliphatic imine (C=N–C) groups is 1. The first-order valence-corrected chi connectivity index (χ1v) is 6.74. The van der Waals surface area contributed by atoms with Gasteiger partial charge in [0.1, 0.15) is 0 Å². The molecule has 0 aliphatic heterocycles. The summed E-state index contributed by atoms with van der Waals surface area (Å²) in [5.41, 5.74) is 0.587. The largest absolute Gasteiger partial charge is 0.394 e. The van der Waals surface area contributed by atoms with E-state index in [0.29, 0.717) is 18.9 Å². The van der Waals surface area contributed by atoms with E-state index in [1.54, 1.807) is 6.07 Å². The van der Waals surface area contributed by atoms with E-state index in [1.807, 2.05) is 32.0 Å². The van der Waals surface area contributed by atoms with Gasteiger partial charge in [-0.25, -0.2) is 4.79 Å². The van der Waals surface area contributed by atoms with Gasteiger partial charge in [0.05, 0.1) is 5.69 Å². The van der Waals surface area contributed by atoms with Crippen LogP contribution >= 0.6 is 0 Å². The molecule has 0 bridgehead atoms.